The maximum absolute atomic E-state index is 11.6. The molecule has 0 bridgehead atoms. The van der Waals surface area contributed by atoms with Gasteiger partial charge in [0.15, 0.2) is 0 Å². The van der Waals surface area contributed by atoms with Crippen LogP contribution in [0.25, 0.3) is 0 Å². The maximum Gasteiger partial charge on any atom is 0.389 e. The van der Waals surface area contributed by atoms with Crippen LogP contribution in [0.1, 0.15) is 54.4 Å². The number of hydrogen-bond acceptors (Lipinski definition) is 0. The van der Waals surface area contributed by atoms with Gasteiger partial charge >= 0.3 is 6.18 Å². The van der Waals surface area contributed by atoms with Crippen LogP contribution in [-0.2, 0) is 0 Å². The first kappa shape index (κ1) is 19.0. The molecule has 0 aliphatic carbocycles. The molecule has 0 aromatic rings. The molecule has 0 aromatic heterocycles. The van der Waals surface area contributed by atoms with Crippen molar-refractivity contribution in [2.75, 3.05) is 0 Å². The molecule has 0 fully saturated rings. The van der Waals surface area contributed by atoms with Gasteiger partial charge < -0.3 is 0 Å². The molecule has 0 aliphatic heterocycles. The SMILES string of the molecule is CC(C)(C)CC(F)(F)F.CC(C)(C)CC(F)F. The Labute approximate surface area is 101 Å². The van der Waals surface area contributed by atoms with Crippen molar-refractivity contribution >= 4 is 0 Å². The molecule has 0 aliphatic rings. The Bertz CT molecular complexity index is 180. The second kappa shape index (κ2) is 6.55. The molecule has 0 amide bonds. The zero-order valence-electron chi connectivity index (χ0n) is 11.4. The van der Waals surface area contributed by atoms with Crippen LogP contribution >= 0.6 is 0 Å². The van der Waals surface area contributed by atoms with E-state index < -0.39 is 24.4 Å². The van der Waals surface area contributed by atoms with Gasteiger partial charge in [-0.2, -0.15) is 13.2 Å². The van der Waals surface area contributed by atoms with Crippen molar-refractivity contribution < 1.29 is 22.0 Å². The van der Waals surface area contributed by atoms with Crippen LogP contribution in [0.5, 0.6) is 0 Å². The topological polar surface area (TPSA) is 0 Å². The molecule has 0 radical (unpaired) electrons. The van der Waals surface area contributed by atoms with Crippen molar-refractivity contribution in [1.82, 2.24) is 0 Å². The van der Waals surface area contributed by atoms with Crippen LogP contribution < -0.4 is 0 Å². The lowest BCUT2D eigenvalue weighted by Crippen LogP contribution is -2.18. The third-order valence-corrected chi connectivity index (χ3v) is 1.50. The molecule has 5 heteroatoms. The minimum Gasteiger partial charge on any atom is -0.211 e. The minimum atomic E-state index is -4.02. The number of alkyl halides is 5. The summed E-state index contributed by atoms with van der Waals surface area (Å²) in [7, 11) is 0. The fourth-order valence-corrected chi connectivity index (χ4v) is 1.06. The Kier molecular flexibility index (Phi) is 7.32. The zero-order chi connectivity index (χ0) is 14.5. The molecule has 0 aromatic carbocycles. The van der Waals surface area contributed by atoms with Gasteiger partial charge in [0.25, 0.3) is 0 Å². The van der Waals surface area contributed by atoms with E-state index in [-0.39, 0.29) is 11.8 Å². The van der Waals surface area contributed by atoms with Crippen molar-refractivity contribution in [2.24, 2.45) is 10.8 Å². The summed E-state index contributed by atoms with van der Waals surface area (Å²) >= 11 is 0. The van der Waals surface area contributed by atoms with E-state index in [9.17, 15) is 22.0 Å². The predicted octanol–water partition coefficient (Wildman–Crippen LogP) is 5.67. The Morgan fingerprint density at radius 3 is 1.12 bits per heavy atom. The molecule has 0 saturated heterocycles. The Morgan fingerprint density at radius 2 is 1.12 bits per heavy atom. The highest BCUT2D eigenvalue weighted by molar-refractivity contribution is 4.66. The standard InChI is InChI=1S/C6H11F3.C6H12F2/c1-5(2,3)4-6(7,8)9;1-6(2,3)4-5(7)8/h4H2,1-3H3;5H,4H2,1-3H3. The van der Waals surface area contributed by atoms with Crippen molar-refractivity contribution in [1.29, 1.82) is 0 Å². The van der Waals surface area contributed by atoms with Gasteiger partial charge in [-0.15, -0.1) is 0 Å². The lowest BCUT2D eigenvalue weighted by atomic mass is 9.92. The number of hydrogen-bond donors (Lipinski definition) is 0. The second-order valence-corrected chi connectivity index (χ2v) is 6.51. The van der Waals surface area contributed by atoms with Crippen LogP contribution in [0.2, 0.25) is 0 Å². The third-order valence-electron chi connectivity index (χ3n) is 1.50. The first-order valence-corrected chi connectivity index (χ1v) is 5.47. The fraction of sp³-hybridized carbons (Fsp3) is 1.00. The van der Waals surface area contributed by atoms with Crippen molar-refractivity contribution in [2.45, 2.75) is 67.0 Å². The third kappa shape index (κ3) is 25.7. The van der Waals surface area contributed by atoms with Crippen molar-refractivity contribution in [3.8, 4) is 0 Å². The summed E-state index contributed by atoms with van der Waals surface area (Å²) in [5.74, 6) is 0. The molecule has 0 unspecified atom stereocenters. The monoisotopic (exact) mass is 262 g/mol. The molecule has 0 nitrogen and oxygen atoms in total. The highest BCUT2D eigenvalue weighted by Gasteiger charge is 2.33. The first-order valence-electron chi connectivity index (χ1n) is 5.47. The number of halogens is 5. The maximum atomic E-state index is 11.6. The summed E-state index contributed by atoms with van der Waals surface area (Å²) in [4.78, 5) is 0. The van der Waals surface area contributed by atoms with Crippen LogP contribution in [0.15, 0.2) is 0 Å². The average Bonchev–Trinajstić information content (AvgIpc) is 1.68. The van der Waals surface area contributed by atoms with Gasteiger partial charge in [-0.3, -0.25) is 0 Å². The molecule has 0 saturated carbocycles. The first-order chi connectivity index (χ1) is 7.12. The van der Waals surface area contributed by atoms with E-state index >= 15 is 0 Å². The highest BCUT2D eigenvalue weighted by atomic mass is 19.4. The molecular weight excluding hydrogens is 239 g/mol. The van der Waals surface area contributed by atoms with Gasteiger partial charge in [-0.05, 0) is 10.8 Å². The van der Waals surface area contributed by atoms with E-state index in [2.05, 4.69) is 0 Å². The van der Waals surface area contributed by atoms with Crippen molar-refractivity contribution in [3.05, 3.63) is 0 Å². The normalized spacial score (nSPS) is 13.4. The van der Waals surface area contributed by atoms with Gasteiger partial charge in [-0.25, -0.2) is 8.78 Å². The molecule has 0 spiro atoms. The van der Waals surface area contributed by atoms with Gasteiger partial charge in [0, 0.05) is 12.8 Å². The Balaban J connectivity index is 0. The van der Waals surface area contributed by atoms with Gasteiger partial charge in [0.1, 0.15) is 0 Å². The summed E-state index contributed by atoms with van der Waals surface area (Å²) in [6.45, 7) is 10.1. The van der Waals surface area contributed by atoms with Crippen molar-refractivity contribution in [3.63, 3.8) is 0 Å². The van der Waals surface area contributed by atoms with E-state index in [0.717, 1.165) is 0 Å². The van der Waals surface area contributed by atoms with Gasteiger partial charge in [0.05, 0.1) is 0 Å². The molecule has 0 N–H and O–H groups in total. The van der Waals surface area contributed by atoms with Gasteiger partial charge in [0.2, 0.25) is 6.43 Å². The molecule has 0 rings (SSSR count). The quantitative estimate of drug-likeness (QED) is 0.534. The lowest BCUT2D eigenvalue weighted by molar-refractivity contribution is -0.152. The molecule has 17 heavy (non-hydrogen) atoms. The van der Waals surface area contributed by atoms with Gasteiger partial charge in [-0.1, -0.05) is 41.5 Å². The minimum absolute atomic E-state index is 0.00694. The summed E-state index contributed by atoms with van der Waals surface area (Å²) in [5.41, 5.74) is -0.869. The molecule has 0 heterocycles. The van der Waals surface area contributed by atoms with E-state index in [0.29, 0.717) is 0 Å². The van der Waals surface area contributed by atoms with Crippen LogP contribution in [0, 0.1) is 10.8 Å². The van der Waals surface area contributed by atoms with Crippen LogP contribution in [0.4, 0.5) is 22.0 Å². The number of rotatable bonds is 1. The lowest BCUT2D eigenvalue weighted by Gasteiger charge is -2.19. The summed E-state index contributed by atoms with van der Waals surface area (Å²) in [6, 6.07) is 0. The predicted molar refractivity (Wildman–Crippen MR) is 60.2 cm³/mol. The molecule has 0 atom stereocenters. The summed E-state index contributed by atoms with van der Waals surface area (Å²) in [5, 5.41) is 0. The summed E-state index contributed by atoms with van der Waals surface area (Å²) < 4.78 is 57.7. The molecular formula is C12H23F5. The average molecular weight is 262 g/mol. The van der Waals surface area contributed by atoms with Crippen LogP contribution in [0.3, 0.4) is 0 Å². The zero-order valence-corrected chi connectivity index (χ0v) is 11.4. The second-order valence-electron chi connectivity index (χ2n) is 6.51. The van der Waals surface area contributed by atoms with E-state index in [4.69, 9.17) is 0 Å². The van der Waals surface area contributed by atoms with E-state index in [1.807, 2.05) is 0 Å². The van der Waals surface area contributed by atoms with Crippen LogP contribution in [-0.4, -0.2) is 12.6 Å². The Hall–Kier alpha value is -0.350. The highest BCUT2D eigenvalue weighted by Crippen LogP contribution is 2.31. The fourth-order valence-electron chi connectivity index (χ4n) is 1.06. The largest absolute Gasteiger partial charge is 0.389 e. The smallest absolute Gasteiger partial charge is 0.211 e. The molecule has 106 valence electrons. The van der Waals surface area contributed by atoms with E-state index in [1.165, 1.54) is 0 Å². The Morgan fingerprint density at radius 1 is 0.765 bits per heavy atom. The summed E-state index contributed by atoms with van der Waals surface area (Å²) in [6.07, 6.45) is -6.89. The van der Waals surface area contributed by atoms with E-state index in [1.54, 1.807) is 41.5 Å².